The van der Waals surface area contributed by atoms with E-state index in [1.165, 1.54) is 11.8 Å². The second-order valence-corrected chi connectivity index (χ2v) is 4.23. The fourth-order valence-corrected chi connectivity index (χ4v) is 0.847. The van der Waals surface area contributed by atoms with Gasteiger partial charge in [0.15, 0.2) is 5.82 Å². The Hall–Kier alpha value is -0.710. The molecule has 0 saturated carbocycles. The van der Waals surface area contributed by atoms with E-state index in [9.17, 15) is 0 Å². The van der Waals surface area contributed by atoms with Gasteiger partial charge in [0.1, 0.15) is 0 Å². The summed E-state index contributed by atoms with van der Waals surface area (Å²) in [5, 5.41) is 16.4. The predicted molar refractivity (Wildman–Crippen MR) is 48.1 cm³/mol. The Bertz CT molecular complexity index is 251. The van der Waals surface area contributed by atoms with Crippen LogP contribution in [0.1, 0.15) is 26.6 Å². The van der Waals surface area contributed by atoms with Crippen molar-refractivity contribution in [1.82, 2.24) is 20.4 Å². The third-order valence-corrected chi connectivity index (χ3v) is 1.84. The molecule has 0 aliphatic heterocycles. The molecule has 5 heteroatoms. The van der Waals surface area contributed by atoms with Crippen LogP contribution in [-0.2, 0) is 5.41 Å². The first-order chi connectivity index (χ1) is 5.54. The summed E-state index contributed by atoms with van der Waals surface area (Å²) in [4.78, 5) is 0. The summed E-state index contributed by atoms with van der Waals surface area (Å²) in [6, 6.07) is 0. The Kier molecular flexibility index (Phi) is 2.62. The van der Waals surface area contributed by atoms with Crippen molar-refractivity contribution in [2.75, 3.05) is 6.26 Å². The van der Waals surface area contributed by atoms with Gasteiger partial charge in [-0.25, -0.2) is 0 Å². The summed E-state index contributed by atoms with van der Waals surface area (Å²) >= 11 is 1.44. The fourth-order valence-electron chi connectivity index (χ4n) is 0.602. The van der Waals surface area contributed by atoms with Crippen LogP contribution < -0.4 is 0 Å². The Morgan fingerprint density at radius 3 is 1.83 bits per heavy atom. The molecule has 0 radical (unpaired) electrons. The summed E-state index contributed by atoms with van der Waals surface area (Å²) in [5.41, 5.74) is -0.0725. The van der Waals surface area contributed by atoms with Crippen LogP contribution in [-0.4, -0.2) is 26.7 Å². The molecule has 0 bridgehead atoms. The smallest absolute Gasteiger partial charge is 0.130 e. The lowest BCUT2D eigenvalue weighted by molar-refractivity contribution is 0.504. The fraction of sp³-hybridized carbons (Fsp3) is 0.714. The first kappa shape index (κ1) is 9.38. The first-order valence-corrected chi connectivity index (χ1v) is 4.88. The van der Waals surface area contributed by atoms with Gasteiger partial charge in [0.2, 0.25) is 5.16 Å². The standard InChI is InChI=1S/C7H12N4S/c1-7(2,3)5-8-10-6(12-4)11-9-5/h1-4H3. The van der Waals surface area contributed by atoms with Crippen molar-refractivity contribution in [3.63, 3.8) is 0 Å². The zero-order valence-corrected chi connectivity index (χ0v) is 8.51. The molecule has 1 heterocycles. The molecule has 1 rings (SSSR count). The third-order valence-electron chi connectivity index (χ3n) is 1.31. The molecule has 66 valence electrons. The highest BCUT2D eigenvalue weighted by Crippen LogP contribution is 2.16. The number of aromatic nitrogens is 4. The van der Waals surface area contributed by atoms with Gasteiger partial charge in [0.05, 0.1) is 0 Å². The molecular weight excluding hydrogens is 172 g/mol. The second kappa shape index (κ2) is 3.35. The molecule has 0 spiro atoms. The van der Waals surface area contributed by atoms with Crippen molar-refractivity contribution in [2.24, 2.45) is 0 Å². The topological polar surface area (TPSA) is 51.6 Å². The van der Waals surface area contributed by atoms with Crippen LogP contribution >= 0.6 is 11.8 Å². The summed E-state index contributed by atoms with van der Waals surface area (Å²) < 4.78 is 0. The van der Waals surface area contributed by atoms with Crippen molar-refractivity contribution in [3.8, 4) is 0 Å². The Labute approximate surface area is 76.2 Å². The molecule has 0 aliphatic rings. The van der Waals surface area contributed by atoms with Crippen LogP contribution in [0, 0.1) is 0 Å². The molecule has 0 saturated heterocycles. The van der Waals surface area contributed by atoms with Gasteiger partial charge in [-0.1, -0.05) is 32.5 Å². The van der Waals surface area contributed by atoms with Gasteiger partial charge in [-0.3, -0.25) is 0 Å². The van der Waals surface area contributed by atoms with E-state index in [1.807, 2.05) is 27.0 Å². The Morgan fingerprint density at radius 2 is 1.50 bits per heavy atom. The van der Waals surface area contributed by atoms with Crippen LogP contribution in [0.5, 0.6) is 0 Å². The quantitative estimate of drug-likeness (QED) is 0.615. The minimum atomic E-state index is -0.0725. The summed E-state index contributed by atoms with van der Waals surface area (Å²) in [5.74, 6) is 0.681. The monoisotopic (exact) mass is 184 g/mol. The molecule has 0 aromatic carbocycles. The molecule has 0 aliphatic carbocycles. The van der Waals surface area contributed by atoms with Gasteiger partial charge in [-0.2, -0.15) is 0 Å². The van der Waals surface area contributed by atoms with Gasteiger partial charge < -0.3 is 0 Å². The molecule has 0 fully saturated rings. The van der Waals surface area contributed by atoms with E-state index in [0.717, 1.165) is 0 Å². The van der Waals surface area contributed by atoms with Crippen molar-refractivity contribution in [3.05, 3.63) is 5.82 Å². The van der Waals surface area contributed by atoms with Crippen molar-refractivity contribution >= 4 is 11.8 Å². The van der Waals surface area contributed by atoms with Gasteiger partial charge in [-0.05, 0) is 6.26 Å². The number of hydrogen-bond acceptors (Lipinski definition) is 5. The van der Waals surface area contributed by atoms with E-state index >= 15 is 0 Å². The molecule has 0 amide bonds. The lowest BCUT2D eigenvalue weighted by Gasteiger charge is -2.13. The molecule has 0 atom stereocenters. The molecule has 0 unspecified atom stereocenters. The summed E-state index contributed by atoms with van der Waals surface area (Å²) in [6.07, 6.45) is 1.90. The van der Waals surface area contributed by atoms with Crippen LogP contribution in [0.2, 0.25) is 0 Å². The molecule has 1 aromatic rings. The van der Waals surface area contributed by atoms with Crippen LogP contribution in [0.3, 0.4) is 0 Å². The molecule has 12 heavy (non-hydrogen) atoms. The number of nitrogens with zero attached hydrogens (tertiary/aromatic N) is 4. The SMILES string of the molecule is CSc1nnc(C(C)(C)C)nn1. The van der Waals surface area contributed by atoms with E-state index in [4.69, 9.17) is 0 Å². The third kappa shape index (κ3) is 2.14. The van der Waals surface area contributed by atoms with Gasteiger partial charge >= 0.3 is 0 Å². The maximum absolute atomic E-state index is 3.98. The second-order valence-electron chi connectivity index (χ2n) is 3.46. The molecular formula is C7H12N4S. The summed E-state index contributed by atoms with van der Waals surface area (Å²) in [7, 11) is 0. The largest absolute Gasteiger partial charge is 0.229 e. The number of rotatable bonds is 1. The maximum atomic E-state index is 3.98. The van der Waals surface area contributed by atoms with E-state index in [2.05, 4.69) is 20.4 Å². The maximum Gasteiger partial charge on any atom is 0.229 e. The Morgan fingerprint density at radius 1 is 1.00 bits per heavy atom. The number of hydrogen-bond donors (Lipinski definition) is 0. The highest BCUT2D eigenvalue weighted by molar-refractivity contribution is 7.98. The van der Waals surface area contributed by atoms with Gasteiger partial charge in [0.25, 0.3) is 0 Å². The zero-order valence-electron chi connectivity index (χ0n) is 7.70. The zero-order chi connectivity index (χ0) is 9.19. The van der Waals surface area contributed by atoms with Crippen molar-refractivity contribution < 1.29 is 0 Å². The normalized spacial score (nSPS) is 11.7. The van der Waals surface area contributed by atoms with Crippen LogP contribution in [0.15, 0.2) is 5.16 Å². The van der Waals surface area contributed by atoms with Crippen LogP contribution in [0.4, 0.5) is 0 Å². The lowest BCUT2D eigenvalue weighted by Crippen LogP contribution is -2.18. The Balaban J connectivity index is 2.93. The van der Waals surface area contributed by atoms with Gasteiger partial charge in [0, 0.05) is 5.41 Å². The average Bonchev–Trinajstić information content (AvgIpc) is 2.03. The van der Waals surface area contributed by atoms with Crippen molar-refractivity contribution in [2.45, 2.75) is 31.3 Å². The molecule has 0 N–H and O–H groups in total. The van der Waals surface area contributed by atoms with Crippen LogP contribution in [0.25, 0.3) is 0 Å². The van der Waals surface area contributed by atoms with Gasteiger partial charge in [-0.15, -0.1) is 20.4 Å². The predicted octanol–water partition coefficient (Wildman–Crippen LogP) is 1.29. The minimum absolute atomic E-state index is 0.0725. The number of thioether (sulfide) groups is 1. The highest BCUT2D eigenvalue weighted by Gasteiger charge is 2.18. The summed E-state index contributed by atoms with van der Waals surface area (Å²) in [6.45, 7) is 6.10. The van der Waals surface area contributed by atoms with E-state index in [-0.39, 0.29) is 5.41 Å². The van der Waals surface area contributed by atoms with E-state index < -0.39 is 0 Å². The lowest BCUT2D eigenvalue weighted by atomic mass is 9.96. The first-order valence-electron chi connectivity index (χ1n) is 3.66. The highest BCUT2D eigenvalue weighted by atomic mass is 32.2. The minimum Gasteiger partial charge on any atom is -0.130 e. The molecule has 4 nitrogen and oxygen atoms in total. The van der Waals surface area contributed by atoms with E-state index in [1.54, 1.807) is 0 Å². The van der Waals surface area contributed by atoms with E-state index in [0.29, 0.717) is 11.0 Å². The molecule has 1 aromatic heterocycles. The van der Waals surface area contributed by atoms with Crippen molar-refractivity contribution in [1.29, 1.82) is 0 Å². The average molecular weight is 184 g/mol.